The average molecular weight is 811 g/mol. The van der Waals surface area contributed by atoms with E-state index in [0.29, 0.717) is 17.5 Å². The van der Waals surface area contributed by atoms with Crippen LogP contribution in [0, 0.1) is 76.2 Å². The Morgan fingerprint density at radius 1 is 0.455 bits per heavy atom. The van der Waals surface area contributed by atoms with Gasteiger partial charge in [0.05, 0.1) is 0 Å². The van der Waals surface area contributed by atoms with Crippen molar-refractivity contribution in [3.8, 4) is 0 Å². The van der Waals surface area contributed by atoms with Gasteiger partial charge in [0.2, 0.25) is 0 Å². The van der Waals surface area contributed by atoms with E-state index < -0.39 is 15.8 Å². The second-order valence-electron chi connectivity index (χ2n) is 16.4. The van der Waals surface area contributed by atoms with E-state index in [0.717, 1.165) is 0 Å². The number of benzene rings is 5. The monoisotopic (exact) mass is 810 g/mol. The molecule has 0 radical (unpaired) electrons. The first-order chi connectivity index (χ1) is 25.0. The fourth-order valence-electron chi connectivity index (χ4n) is 9.42. The minimum atomic E-state index is -0.701. The molecule has 55 heavy (non-hydrogen) atoms. The first kappa shape index (κ1) is 46.9. The Balaban J connectivity index is 0.000000940. The van der Waals surface area contributed by atoms with Crippen molar-refractivity contribution in [2.24, 2.45) is 5.92 Å². The molecular weight excluding hydrogens is 742 g/mol. The van der Waals surface area contributed by atoms with Crippen molar-refractivity contribution in [2.45, 2.75) is 125 Å². The third kappa shape index (κ3) is 11.8. The van der Waals surface area contributed by atoms with Crippen LogP contribution in [-0.4, -0.2) is 5.66 Å². The normalized spacial score (nSPS) is 16.8. The molecule has 7 rings (SSSR count). The van der Waals surface area contributed by atoms with Gasteiger partial charge in [-0.15, -0.1) is 0 Å². The summed E-state index contributed by atoms with van der Waals surface area (Å²) in [5.74, 6) is 1.20. The molecule has 0 aliphatic heterocycles. The summed E-state index contributed by atoms with van der Waals surface area (Å²) in [5.41, 5.74) is 13.1. The minimum absolute atomic E-state index is 0. The maximum Gasteiger partial charge on any atom is 2.00 e. The van der Waals surface area contributed by atoms with E-state index in [2.05, 4.69) is 159 Å². The zero-order chi connectivity index (χ0) is 36.9. The van der Waals surface area contributed by atoms with Crippen LogP contribution in [0.25, 0.3) is 0 Å². The van der Waals surface area contributed by atoms with Gasteiger partial charge in [0.15, 0.2) is 0 Å². The summed E-state index contributed by atoms with van der Waals surface area (Å²) < 4.78 is 0. The number of aryl methyl sites for hydroxylation is 8. The summed E-state index contributed by atoms with van der Waals surface area (Å²) in [7, 11) is -1.23. The molecule has 2 aliphatic carbocycles. The van der Waals surface area contributed by atoms with Crippen molar-refractivity contribution < 1.29 is 17.1 Å². The summed E-state index contributed by atoms with van der Waals surface area (Å²) in [6.07, 6.45) is 11.4. The fraction of sp³-hybridized carbons (Fsp3) is 0.385. The molecule has 2 saturated carbocycles. The molecule has 2 aliphatic rings. The van der Waals surface area contributed by atoms with Gasteiger partial charge < -0.3 is 14.9 Å². The Bertz CT molecular complexity index is 1800. The molecule has 0 aromatic heterocycles. The van der Waals surface area contributed by atoms with Gasteiger partial charge in [-0.3, -0.25) is 0 Å². The van der Waals surface area contributed by atoms with Crippen LogP contribution < -0.4 is 26.5 Å². The first-order valence-corrected chi connectivity index (χ1v) is 22.7. The van der Waals surface area contributed by atoms with E-state index in [9.17, 15) is 0 Å². The zero-order valence-electron chi connectivity index (χ0n) is 35.9. The van der Waals surface area contributed by atoms with Crippen molar-refractivity contribution in [3.63, 3.8) is 0 Å². The molecule has 2 fully saturated rings. The molecule has 3 heteroatoms. The van der Waals surface area contributed by atoms with Gasteiger partial charge in [-0.05, 0) is 134 Å². The molecule has 0 nitrogen and oxygen atoms in total. The quantitative estimate of drug-likeness (QED) is 0.0832. The number of rotatable bonds is 8. The summed E-state index contributed by atoms with van der Waals surface area (Å²) in [6, 6.07) is 38.7. The van der Waals surface area contributed by atoms with Gasteiger partial charge in [-0.2, -0.15) is 0 Å². The van der Waals surface area contributed by atoms with Crippen LogP contribution in [0.15, 0.2) is 97.1 Å². The van der Waals surface area contributed by atoms with Crippen molar-refractivity contribution >= 4 is 42.4 Å². The van der Waals surface area contributed by atoms with Crippen LogP contribution in [0.2, 0.25) is 0 Å². The smallest absolute Gasteiger partial charge is 0.358 e. The summed E-state index contributed by atoms with van der Waals surface area (Å²) in [5, 5.41) is 7.60. The van der Waals surface area contributed by atoms with Crippen LogP contribution in [0.1, 0.15) is 114 Å². The molecule has 0 amide bonds. The molecular formula is C52H68FeP2. The van der Waals surface area contributed by atoms with Gasteiger partial charge in [-0.25, -0.2) is 0 Å². The standard InChI is InChI=1S/C45H52P2.C5H10.2CH3.Fe/c1-29-17-30(2)22-38(21-29)46(39-23-31(3)18-32(4)24-39)37(9)42-14-12-15-43(42)44-13-10-11-16-45(44)47(40-25-33(5)19-34(6)26-40)41-27-35(7)20-36(8)28-41;1-2-4-5-3-1;;;/h10-11,13,16-28,37,42-43H,12,14-15H2,1-9H3;1-5H2;2*1H3;/q;;2*-1;+2/t37-,42?,43?;;;;/m0..../s1. The summed E-state index contributed by atoms with van der Waals surface area (Å²) >= 11 is 0. The zero-order valence-corrected chi connectivity index (χ0v) is 38.8. The first-order valence-electron chi connectivity index (χ1n) is 20.0. The average Bonchev–Trinajstić information content (AvgIpc) is 3.80. The van der Waals surface area contributed by atoms with E-state index in [1.165, 1.54) is 106 Å². The van der Waals surface area contributed by atoms with Gasteiger partial charge in [0.25, 0.3) is 0 Å². The van der Waals surface area contributed by atoms with Gasteiger partial charge in [0, 0.05) is 0 Å². The van der Waals surface area contributed by atoms with Gasteiger partial charge >= 0.3 is 17.1 Å². The van der Waals surface area contributed by atoms with Crippen LogP contribution >= 0.6 is 15.8 Å². The van der Waals surface area contributed by atoms with Gasteiger partial charge in [0.1, 0.15) is 0 Å². The second-order valence-corrected chi connectivity index (χ2v) is 21.1. The Labute approximate surface area is 350 Å². The summed E-state index contributed by atoms with van der Waals surface area (Å²) in [6.45, 7) is 20.7. The Morgan fingerprint density at radius 3 is 1.18 bits per heavy atom. The molecule has 0 spiro atoms. The maximum atomic E-state index is 2.60. The van der Waals surface area contributed by atoms with E-state index in [-0.39, 0.29) is 31.9 Å². The molecule has 3 atom stereocenters. The molecule has 0 heterocycles. The predicted octanol–water partition coefficient (Wildman–Crippen LogP) is 13.2. The molecule has 5 aromatic carbocycles. The van der Waals surface area contributed by atoms with Crippen molar-refractivity contribution in [1.29, 1.82) is 0 Å². The SMILES string of the molecule is C1CCCC1.Cc1cc(C)cc(P(c2cc(C)cc(C)c2)c2ccccc2C2CCCC2[C@H](C)P(c2cc(C)cc(C)c2)c2cc(C)cc(C)c2)c1.[CH3-].[CH3-].[Fe+2]. The molecule has 294 valence electrons. The Morgan fingerprint density at radius 2 is 0.800 bits per heavy atom. The summed E-state index contributed by atoms with van der Waals surface area (Å²) in [4.78, 5) is 0. The molecule has 5 aromatic rings. The van der Waals surface area contributed by atoms with Crippen LogP contribution in [0.5, 0.6) is 0 Å². The Hall–Kier alpha value is -2.52. The van der Waals surface area contributed by atoms with Crippen LogP contribution in [0.3, 0.4) is 0 Å². The second kappa shape index (κ2) is 21.3. The Kier molecular flexibility index (Phi) is 18.1. The van der Waals surface area contributed by atoms with Crippen LogP contribution in [-0.2, 0) is 17.1 Å². The minimum Gasteiger partial charge on any atom is -0.358 e. The number of hydrogen-bond acceptors (Lipinski definition) is 0. The van der Waals surface area contributed by atoms with Crippen molar-refractivity contribution in [2.75, 3.05) is 0 Å². The third-order valence-electron chi connectivity index (χ3n) is 11.3. The molecule has 0 N–H and O–H groups in total. The van der Waals surface area contributed by atoms with E-state index in [4.69, 9.17) is 0 Å². The van der Waals surface area contributed by atoms with Crippen molar-refractivity contribution in [1.82, 2.24) is 0 Å². The van der Waals surface area contributed by atoms with Gasteiger partial charge in [-0.1, -0.05) is 187 Å². The molecule has 0 saturated heterocycles. The van der Waals surface area contributed by atoms with E-state index in [1.54, 1.807) is 21.5 Å². The van der Waals surface area contributed by atoms with Crippen LogP contribution in [0.4, 0.5) is 0 Å². The largest absolute Gasteiger partial charge is 2.00 e. The van der Waals surface area contributed by atoms with Crippen molar-refractivity contribution in [3.05, 3.63) is 162 Å². The maximum absolute atomic E-state index is 2.60. The topological polar surface area (TPSA) is 0 Å². The van der Waals surface area contributed by atoms with E-state index in [1.807, 2.05) is 0 Å². The third-order valence-corrected chi connectivity index (χ3v) is 16.6. The fourth-order valence-corrected chi connectivity index (χ4v) is 15.7. The predicted molar refractivity (Wildman–Crippen MR) is 248 cm³/mol. The molecule has 0 bridgehead atoms. The molecule has 2 unspecified atom stereocenters. The number of hydrogen-bond donors (Lipinski definition) is 0. The van der Waals surface area contributed by atoms with E-state index >= 15 is 0 Å².